The van der Waals surface area contributed by atoms with Crippen molar-refractivity contribution in [2.24, 2.45) is 14.1 Å². The standard InChI is InChI=1S/C15H15FN6O2/c1-20-8-7-17-13(20)12(10-5-3-4-6-11(10)16)19-15-14(22(23)24)18-9-21(15)2/h3-9,12,19H,1-2H3. The van der Waals surface area contributed by atoms with E-state index in [1.807, 2.05) is 0 Å². The highest BCUT2D eigenvalue weighted by atomic mass is 19.1. The largest absolute Gasteiger partial charge is 0.406 e. The first-order valence-electron chi connectivity index (χ1n) is 7.13. The molecule has 9 heteroatoms. The van der Waals surface area contributed by atoms with Crippen molar-refractivity contribution in [2.75, 3.05) is 5.32 Å². The van der Waals surface area contributed by atoms with E-state index in [0.717, 1.165) is 0 Å². The van der Waals surface area contributed by atoms with Crippen LogP contribution < -0.4 is 5.32 Å². The minimum atomic E-state index is -0.708. The maximum Gasteiger partial charge on any atom is 0.406 e. The van der Waals surface area contributed by atoms with Crippen LogP contribution in [0, 0.1) is 15.9 Å². The van der Waals surface area contributed by atoms with Crippen LogP contribution in [0.25, 0.3) is 0 Å². The number of hydrogen-bond acceptors (Lipinski definition) is 5. The number of nitro groups is 1. The minimum absolute atomic E-state index is 0.177. The van der Waals surface area contributed by atoms with E-state index in [1.54, 1.807) is 49.3 Å². The fraction of sp³-hybridized carbons (Fsp3) is 0.200. The summed E-state index contributed by atoms with van der Waals surface area (Å²) in [6.45, 7) is 0. The van der Waals surface area contributed by atoms with Crippen molar-refractivity contribution in [2.45, 2.75) is 6.04 Å². The van der Waals surface area contributed by atoms with Gasteiger partial charge in [0.15, 0.2) is 0 Å². The number of nitrogens with one attached hydrogen (secondary N) is 1. The lowest BCUT2D eigenvalue weighted by Gasteiger charge is -2.20. The monoisotopic (exact) mass is 330 g/mol. The Labute approximate surface area is 136 Å². The molecule has 1 unspecified atom stereocenters. The van der Waals surface area contributed by atoms with Gasteiger partial charge in [-0.2, -0.15) is 0 Å². The topological polar surface area (TPSA) is 90.8 Å². The normalized spacial score (nSPS) is 12.1. The van der Waals surface area contributed by atoms with Gasteiger partial charge in [0.2, 0.25) is 12.1 Å². The van der Waals surface area contributed by atoms with Crippen molar-refractivity contribution in [3.05, 3.63) is 70.3 Å². The molecular formula is C15H15FN6O2. The van der Waals surface area contributed by atoms with Crippen molar-refractivity contribution >= 4 is 11.6 Å². The fourth-order valence-electron chi connectivity index (χ4n) is 2.50. The third-order valence-corrected chi connectivity index (χ3v) is 3.70. The second kappa shape index (κ2) is 6.11. The number of aromatic nitrogens is 4. The van der Waals surface area contributed by atoms with Crippen LogP contribution >= 0.6 is 0 Å². The minimum Gasteiger partial charge on any atom is -0.358 e. The van der Waals surface area contributed by atoms with Crippen molar-refractivity contribution in [1.82, 2.24) is 19.1 Å². The predicted molar refractivity (Wildman–Crippen MR) is 84.9 cm³/mol. The Morgan fingerprint density at radius 3 is 2.62 bits per heavy atom. The van der Waals surface area contributed by atoms with Gasteiger partial charge in [-0.15, -0.1) is 0 Å². The molecule has 0 saturated heterocycles. The molecule has 2 aromatic heterocycles. The van der Waals surface area contributed by atoms with Gasteiger partial charge in [0.05, 0.1) is 0 Å². The third-order valence-electron chi connectivity index (χ3n) is 3.70. The van der Waals surface area contributed by atoms with Gasteiger partial charge in [-0.3, -0.25) is 4.57 Å². The Hall–Kier alpha value is -3.23. The molecule has 0 amide bonds. The first-order chi connectivity index (χ1) is 11.5. The number of halogens is 1. The molecule has 0 bridgehead atoms. The summed E-state index contributed by atoms with van der Waals surface area (Å²) in [5, 5.41) is 14.2. The Morgan fingerprint density at radius 2 is 2.00 bits per heavy atom. The average molecular weight is 330 g/mol. The SMILES string of the molecule is Cn1ccnc1C(Nc1c([N+](=O)[O-])ncn1C)c1ccccc1F. The molecule has 0 aliphatic heterocycles. The number of hydrogen-bond donors (Lipinski definition) is 1. The van der Waals surface area contributed by atoms with Gasteiger partial charge < -0.3 is 20.0 Å². The molecule has 24 heavy (non-hydrogen) atoms. The van der Waals surface area contributed by atoms with Gasteiger partial charge >= 0.3 is 5.82 Å². The van der Waals surface area contributed by atoms with E-state index in [4.69, 9.17) is 0 Å². The highest BCUT2D eigenvalue weighted by Crippen LogP contribution is 2.31. The molecule has 0 spiro atoms. The van der Waals surface area contributed by atoms with E-state index >= 15 is 0 Å². The smallest absolute Gasteiger partial charge is 0.358 e. The number of aryl methyl sites for hydroxylation is 2. The van der Waals surface area contributed by atoms with E-state index < -0.39 is 16.8 Å². The highest BCUT2D eigenvalue weighted by Gasteiger charge is 2.27. The summed E-state index contributed by atoms with van der Waals surface area (Å²) in [7, 11) is 3.40. The van der Waals surface area contributed by atoms with E-state index in [0.29, 0.717) is 11.4 Å². The maximum absolute atomic E-state index is 14.3. The summed E-state index contributed by atoms with van der Waals surface area (Å²) in [6.07, 6.45) is 4.64. The lowest BCUT2D eigenvalue weighted by atomic mass is 10.1. The lowest BCUT2D eigenvalue weighted by Crippen LogP contribution is -2.20. The predicted octanol–water partition coefficient (Wildman–Crippen LogP) is 2.40. The van der Waals surface area contributed by atoms with E-state index in [1.165, 1.54) is 17.0 Å². The molecular weight excluding hydrogens is 315 g/mol. The number of anilines is 1. The first-order valence-corrected chi connectivity index (χ1v) is 7.13. The van der Waals surface area contributed by atoms with E-state index in [2.05, 4.69) is 15.3 Å². The van der Waals surface area contributed by atoms with Crippen LogP contribution in [0.3, 0.4) is 0 Å². The first kappa shape index (κ1) is 15.7. The van der Waals surface area contributed by atoms with Crippen molar-refractivity contribution in [1.29, 1.82) is 0 Å². The van der Waals surface area contributed by atoms with Crippen LogP contribution in [-0.2, 0) is 14.1 Å². The number of benzene rings is 1. The van der Waals surface area contributed by atoms with Crippen molar-refractivity contribution < 1.29 is 9.31 Å². The van der Waals surface area contributed by atoms with E-state index in [9.17, 15) is 14.5 Å². The van der Waals surface area contributed by atoms with Crippen LogP contribution in [0.15, 0.2) is 43.0 Å². The average Bonchev–Trinajstić information content (AvgIpc) is 3.12. The summed E-state index contributed by atoms with van der Waals surface area (Å²) in [5.74, 6) is -0.0530. The van der Waals surface area contributed by atoms with Gasteiger partial charge in [-0.25, -0.2) is 9.37 Å². The zero-order valence-corrected chi connectivity index (χ0v) is 13.0. The number of rotatable bonds is 5. The van der Waals surface area contributed by atoms with Crippen LogP contribution in [0.5, 0.6) is 0 Å². The van der Waals surface area contributed by atoms with Gasteiger partial charge in [-0.1, -0.05) is 18.2 Å². The zero-order chi connectivity index (χ0) is 17.3. The summed E-state index contributed by atoms with van der Waals surface area (Å²) in [5.41, 5.74) is 0.335. The van der Waals surface area contributed by atoms with Crippen LogP contribution in [0.2, 0.25) is 0 Å². The van der Waals surface area contributed by atoms with Gasteiger partial charge in [0.25, 0.3) is 0 Å². The molecule has 1 N–H and O–H groups in total. The summed E-state index contributed by atoms with van der Waals surface area (Å²) in [4.78, 5) is 18.6. The number of nitrogens with zero attached hydrogens (tertiary/aromatic N) is 5. The highest BCUT2D eigenvalue weighted by molar-refractivity contribution is 5.55. The lowest BCUT2D eigenvalue weighted by molar-refractivity contribution is -0.388. The summed E-state index contributed by atoms with van der Waals surface area (Å²) >= 11 is 0. The van der Waals surface area contributed by atoms with Gasteiger partial charge in [0, 0.05) is 32.1 Å². The molecule has 1 aromatic carbocycles. The Bertz CT molecular complexity index is 888. The van der Waals surface area contributed by atoms with Crippen LogP contribution in [0.4, 0.5) is 16.0 Å². The summed E-state index contributed by atoms with van der Waals surface area (Å²) in [6, 6.07) is 5.53. The fourth-order valence-corrected chi connectivity index (χ4v) is 2.50. The van der Waals surface area contributed by atoms with Crippen molar-refractivity contribution in [3.63, 3.8) is 0 Å². The molecule has 124 valence electrons. The molecule has 0 fully saturated rings. The van der Waals surface area contributed by atoms with Gasteiger partial charge in [0.1, 0.15) is 17.7 Å². The van der Waals surface area contributed by atoms with Gasteiger partial charge in [-0.05, 0) is 16.0 Å². The molecule has 0 aliphatic rings. The molecule has 0 aliphatic carbocycles. The zero-order valence-electron chi connectivity index (χ0n) is 13.0. The Balaban J connectivity index is 2.11. The molecule has 8 nitrogen and oxygen atoms in total. The second-order valence-electron chi connectivity index (χ2n) is 5.28. The molecule has 3 aromatic rings. The molecule has 3 rings (SSSR count). The Morgan fingerprint density at radius 1 is 1.25 bits per heavy atom. The molecule has 1 atom stereocenters. The van der Waals surface area contributed by atoms with Crippen LogP contribution in [0.1, 0.15) is 17.4 Å². The quantitative estimate of drug-likeness (QED) is 0.573. The maximum atomic E-state index is 14.3. The summed E-state index contributed by atoms with van der Waals surface area (Å²) < 4.78 is 17.5. The van der Waals surface area contributed by atoms with Crippen LogP contribution in [-0.4, -0.2) is 24.0 Å². The number of imidazole rings is 2. The second-order valence-corrected chi connectivity index (χ2v) is 5.28. The Kier molecular flexibility index (Phi) is 3.98. The van der Waals surface area contributed by atoms with E-state index in [-0.39, 0.29) is 11.6 Å². The van der Waals surface area contributed by atoms with Crippen molar-refractivity contribution in [3.8, 4) is 0 Å². The third kappa shape index (κ3) is 2.71. The molecule has 2 heterocycles. The molecule has 0 radical (unpaired) electrons. The molecule has 0 saturated carbocycles.